The minimum atomic E-state index is -3.83. The van der Waals surface area contributed by atoms with Gasteiger partial charge in [0, 0.05) is 5.02 Å². The van der Waals surface area contributed by atoms with Crippen molar-refractivity contribution in [3.8, 4) is 0 Å². The van der Waals surface area contributed by atoms with Crippen LogP contribution < -0.4 is 4.31 Å². The van der Waals surface area contributed by atoms with Gasteiger partial charge in [-0.3, -0.25) is 9.10 Å². The molecule has 5 nitrogen and oxygen atoms in total. The second-order valence-electron chi connectivity index (χ2n) is 4.23. The maximum Gasteiger partial charge on any atom is 0.326 e. The van der Waals surface area contributed by atoms with Crippen LogP contribution in [0.3, 0.4) is 0 Å². The first-order valence-corrected chi connectivity index (χ1v) is 9.12. The fourth-order valence-electron chi connectivity index (χ4n) is 1.77. The van der Waals surface area contributed by atoms with Crippen molar-refractivity contribution in [1.82, 2.24) is 0 Å². The van der Waals surface area contributed by atoms with Gasteiger partial charge in [-0.05, 0) is 42.6 Å². The molecule has 0 bridgehead atoms. The van der Waals surface area contributed by atoms with Crippen LogP contribution in [0.25, 0.3) is 0 Å². The molecular formula is C14H14ClNO4S2. The first-order valence-electron chi connectivity index (χ1n) is 6.42. The average Bonchev–Trinajstić information content (AvgIpc) is 3.01. The van der Waals surface area contributed by atoms with E-state index in [0.29, 0.717) is 10.7 Å². The molecule has 1 aromatic heterocycles. The largest absolute Gasteiger partial charge is 0.465 e. The topological polar surface area (TPSA) is 63.7 Å². The third-order valence-electron chi connectivity index (χ3n) is 2.73. The first kappa shape index (κ1) is 16.8. The molecule has 22 heavy (non-hydrogen) atoms. The molecule has 0 unspecified atom stereocenters. The van der Waals surface area contributed by atoms with Crippen LogP contribution in [0, 0.1) is 0 Å². The van der Waals surface area contributed by atoms with Crippen LogP contribution >= 0.6 is 22.9 Å². The van der Waals surface area contributed by atoms with Crippen molar-refractivity contribution in [3.63, 3.8) is 0 Å². The Morgan fingerprint density at radius 2 is 1.95 bits per heavy atom. The monoisotopic (exact) mass is 359 g/mol. The van der Waals surface area contributed by atoms with E-state index in [1.165, 1.54) is 6.07 Å². The standard InChI is InChI=1S/C14H14ClNO4S2/c1-2-20-13(17)10-16(12-7-5-11(15)6-8-12)22(18,19)14-4-3-9-21-14/h3-9H,2,10H2,1H3. The number of ether oxygens (including phenoxy) is 1. The zero-order valence-electron chi connectivity index (χ0n) is 11.7. The molecule has 1 aromatic carbocycles. The summed E-state index contributed by atoms with van der Waals surface area (Å²) in [5.74, 6) is -0.613. The van der Waals surface area contributed by atoms with Crippen molar-refractivity contribution < 1.29 is 17.9 Å². The zero-order valence-corrected chi connectivity index (χ0v) is 14.1. The van der Waals surface area contributed by atoms with E-state index in [0.717, 1.165) is 15.6 Å². The molecule has 2 rings (SSSR count). The van der Waals surface area contributed by atoms with E-state index in [4.69, 9.17) is 16.3 Å². The molecule has 118 valence electrons. The summed E-state index contributed by atoms with van der Waals surface area (Å²) in [6, 6.07) is 9.37. The lowest BCUT2D eigenvalue weighted by Crippen LogP contribution is -2.36. The quantitative estimate of drug-likeness (QED) is 0.743. The first-order chi connectivity index (χ1) is 10.4. The van der Waals surface area contributed by atoms with Gasteiger partial charge < -0.3 is 4.74 Å². The SMILES string of the molecule is CCOC(=O)CN(c1ccc(Cl)cc1)S(=O)(=O)c1cccs1. The summed E-state index contributed by atoms with van der Waals surface area (Å²) in [7, 11) is -3.83. The summed E-state index contributed by atoms with van der Waals surface area (Å²) in [6.07, 6.45) is 0. The van der Waals surface area contributed by atoms with Crippen molar-refractivity contribution in [1.29, 1.82) is 0 Å². The van der Waals surface area contributed by atoms with Crippen molar-refractivity contribution in [2.24, 2.45) is 0 Å². The van der Waals surface area contributed by atoms with Gasteiger partial charge in [0.25, 0.3) is 10.0 Å². The molecular weight excluding hydrogens is 346 g/mol. The smallest absolute Gasteiger partial charge is 0.326 e. The van der Waals surface area contributed by atoms with Gasteiger partial charge in [-0.25, -0.2) is 8.42 Å². The molecule has 0 radical (unpaired) electrons. The number of anilines is 1. The van der Waals surface area contributed by atoms with Gasteiger partial charge >= 0.3 is 5.97 Å². The molecule has 0 fully saturated rings. The van der Waals surface area contributed by atoms with E-state index in [1.807, 2.05) is 0 Å². The van der Waals surface area contributed by atoms with Gasteiger partial charge in [0.1, 0.15) is 10.8 Å². The van der Waals surface area contributed by atoms with Crippen LogP contribution in [0.15, 0.2) is 46.0 Å². The number of benzene rings is 1. The molecule has 2 aromatic rings. The summed E-state index contributed by atoms with van der Waals surface area (Å²) in [4.78, 5) is 11.8. The molecule has 0 aliphatic heterocycles. The highest BCUT2D eigenvalue weighted by Gasteiger charge is 2.28. The Bertz CT molecular complexity index is 727. The lowest BCUT2D eigenvalue weighted by molar-refractivity contribution is -0.141. The maximum absolute atomic E-state index is 12.7. The Morgan fingerprint density at radius 3 is 2.50 bits per heavy atom. The highest BCUT2D eigenvalue weighted by Crippen LogP contribution is 2.27. The third-order valence-corrected chi connectivity index (χ3v) is 6.13. The zero-order chi connectivity index (χ0) is 16.2. The van der Waals surface area contributed by atoms with E-state index < -0.39 is 22.5 Å². The second-order valence-corrected chi connectivity index (χ2v) is 7.70. The maximum atomic E-state index is 12.7. The Kier molecular flexibility index (Phi) is 5.44. The number of carbonyl (C=O) groups is 1. The van der Waals surface area contributed by atoms with Gasteiger partial charge in [0.15, 0.2) is 0 Å². The molecule has 0 atom stereocenters. The van der Waals surface area contributed by atoms with Crippen molar-refractivity contribution in [2.45, 2.75) is 11.1 Å². The molecule has 0 N–H and O–H groups in total. The van der Waals surface area contributed by atoms with Gasteiger partial charge in [-0.1, -0.05) is 17.7 Å². The Balaban J connectivity index is 2.41. The highest BCUT2D eigenvalue weighted by atomic mass is 35.5. The summed E-state index contributed by atoms with van der Waals surface area (Å²) in [5.41, 5.74) is 0.353. The van der Waals surface area contributed by atoms with E-state index >= 15 is 0 Å². The number of hydrogen-bond donors (Lipinski definition) is 0. The molecule has 8 heteroatoms. The van der Waals surface area contributed by atoms with Crippen LogP contribution in [0.4, 0.5) is 5.69 Å². The normalized spacial score (nSPS) is 11.2. The van der Waals surface area contributed by atoms with E-state index in [1.54, 1.807) is 42.6 Å². The van der Waals surface area contributed by atoms with Crippen molar-refractivity contribution >= 4 is 44.6 Å². The molecule has 0 amide bonds. The Morgan fingerprint density at radius 1 is 1.27 bits per heavy atom. The summed E-state index contributed by atoms with van der Waals surface area (Å²) < 4.78 is 31.5. The van der Waals surface area contributed by atoms with Crippen LogP contribution in [0.2, 0.25) is 5.02 Å². The van der Waals surface area contributed by atoms with Crippen LogP contribution in [0.1, 0.15) is 6.92 Å². The summed E-state index contributed by atoms with van der Waals surface area (Å²) in [5, 5.41) is 2.14. The number of esters is 1. The third kappa shape index (κ3) is 3.79. The van der Waals surface area contributed by atoms with E-state index in [2.05, 4.69) is 0 Å². The van der Waals surface area contributed by atoms with Crippen LogP contribution in [-0.2, 0) is 19.6 Å². The molecule has 0 saturated carbocycles. The van der Waals surface area contributed by atoms with Gasteiger partial charge in [0.05, 0.1) is 12.3 Å². The van der Waals surface area contributed by atoms with Gasteiger partial charge in [0.2, 0.25) is 0 Å². The minimum Gasteiger partial charge on any atom is -0.465 e. The van der Waals surface area contributed by atoms with Gasteiger partial charge in [-0.15, -0.1) is 11.3 Å². The molecule has 0 aliphatic rings. The highest BCUT2D eigenvalue weighted by molar-refractivity contribution is 7.94. The molecule has 1 heterocycles. The number of halogens is 1. The Hall–Kier alpha value is -1.57. The number of nitrogens with zero attached hydrogens (tertiary/aromatic N) is 1. The number of carbonyl (C=O) groups excluding carboxylic acids is 1. The fourth-order valence-corrected chi connectivity index (χ4v) is 4.40. The summed E-state index contributed by atoms with van der Waals surface area (Å²) in [6.45, 7) is 1.46. The fraction of sp³-hybridized carbons (Fsp3) is 0.214. The van der Waals surface area contributed by atoms with Crippen LogP contribution in [-0.4, -0.2) is 27.5 Å². The number of hydrogen-bond acceptors (Lipinski definition) is 5. The number of sulfonamides is 1. The van der Waals surface area contributed by atoms with Gasteiger partial charge in [-0.2, -0.15) is 0 Å². The lowest BCUT2D eigenvalue weighted by Gasteiger charge is -2.22. The molecule has 0 aliphatic carbocycles. The predicted molar refractivity (Wildman–Crippen MR) is 86.9 cm³/mol. The van der Waals surface area contributed by atoms with E-state index in [-0.39, 0.29) is 10.8 Å². The number of rotatable bonds is 6. The molecule has 0 saturated heterocycles. The lowest BCUT2D eigenvalue weighted by atomic mass is 10.3. The summed E-state index contributed by atoms with van der Waals surface area (Å²) >= 11 is 6.92. The Labute approximate surface area is 138 Å². The van der Waals surface area contributed by atoms with Crippen molar-refractivity contribution in [2.75, 3.05) is 17.5 Å². The van der Waals surface area contributed by atoms with Crippen LogP contribution in [0.5, 0.6) is 0 Å². The molecule has 0 spiro atoms. The number of thiophene rings is 1. The second kappa shape index (κ2) is 7.13. The van der Waals surface area contributed by atoms with E-state index in [9.17, 15) is 13.2 Å². The average molecular weight is 360 g/mol. The minimum absolute atomic E-state index is 0.159. The predicted octanol–water partition coefficient (Wildman–Crippen LogP) is 3.16. The van der Waals surface area contributed by atoms with Crippen molar-refractivity contribution in [3.05, 3.63) is 46.8 Å².